The number of anilines is 1. The van der Waals surface area contributed by atoms with Crippen molar-refractivity contribution in [3.05, 3.63) is 27.8 Å². The number of nitrogens with one attached hydrogen (secondary N) is 1. The topological polar surface area (TPSA) is 168 Å². The summed E-state index contributed by atoms with van der Waals surface area (Å²) in [6, 6.07) is 1.72. The Morgan fingerprint density at radius 2 is 2.19 bits per heavy atom. The quantitative estimate of drug-likeness (QED) is 0.504. The number of amides is 1. The van der Waals surface area contributed by atoms with Gasteiger partial charge in [0.25, 0.3) is 5.69 Å². The first kappa shape index (κ1) is 15.0. The maximum Gasteiger partial charge on any atom is 0.404 e. The number of hydrogen-bond donors (Lipinski definition) is 3. The van der Waals surface area contributed by atoms with E-state index in [2.05, 4.69) is 10.1 Å². The number of benzene rings is 1. The molecule has 0 spiro atoms. The molecule has 1 aliphatic rings. The number of nitrogens with two attached hydrogens (primary N) is 2. The van der Waals surface area contributed by atoms with Gasteiger partial charge in [-0.3, -0.25) is 10.1 Å². The molecule has 1 atom stereocenters. The van der Waals surface area contributed by atoms with E-state index in [0.717, 1.165) is 6.07 Å². The molecular formula is C10H12N4O6S. The highest BCUT2D eigenvalue weighted by Gasteiger charge is 2.31. The molecule has 21 heavy (non-hydrogen) atoms. The van der Waals surface area contributed by atoms with Gasteiger partial charge in [0.15, 0.2) is 0 Å². The number of ether oxygens (including phenoxy) is 1. The number of carbonyl (C=O) groups is 1. The minimum absolute atomic E-state index is 0.0914. The Morgan fingerprint density at radius 3 is 2.71 bits per heavy atom. The van der Waals surface area contributed by atoms with Gasteiger partial charge in [-0.1, -0.05) is 0 Å². The van der Waals surface area contributed by atoms with Crippen molar-refractivity contribution in [1.82, 2.24) is 0 Å². The van der Waals surface area contributed by atoms with Crippen LogP contribution in [0.1, 0.15) is 5.56 Å². The zero-order valence-corrected chi connectivity index (χ0v) is 11.4. The van der Waals surface area contributed by atoms with Gasteiger partial charge in [0.2, 0.25) is 10.0 Å². The van der Waals surface area contributed by atoms with E-state index < -0.39 is 32.8 Å². The van der Waals surface area contributed by atoms with Crippen LogP contribution in [0.2, 0.25) is 0 Å². The Bertz CT molecular complexity index is 717. The number of nitro benzene ring substituents is 1. The minimum atomic E-state index is -4.06. The van der Waals surface area contributed by atoms with E-state index in [0.29, 0.717) is 5.56 Å². The lowest BCUT2D eigenvalue weighted by Gasteiger charge is -2.10. The van der Waals surface area contributed by atoms with Crippen LogP contribution in [0.4, 0.5) is 16.2 Å². The first-order valence-corrected chi connectivity index (χ1v) is 7.26. The molecule has 114 valence electrons. The summed E-state index contributed by atoms with van der Waals surface area (Å²) in [6.45, 7) is -0.0914. The highest BCUT2D eigenvalue weighted by molar-refractivity contribution is 7.89. The van der Waals surface area contributed by atoms with Crippen molar-refractivity contribution in [1.29, 1.82) is 0 Å². The number of primary amides is 1. The number of rotatable bonds is 4. The fraction of sp³-hybridized carbons (Fsp3) is 0.300. The molecule has 2 rings (SSSR count). The number of hydrogen-bond acceptors (Lipinski definition) is 7. The third-order valence-electron chi connectivity index (χ3n) is 2.94. The van der Waals surface area contributed by atoms with Crippen molar-refractivity contribution >= 4 is 27.5 Å². The molecule has 1 heterocycles. The molecule has 0 radical (unpaired) electrons. The molecule has 0 saturated carbocycles. The van der Waals surface area contributed by atoms with Crippen LogP contribution in [0.15, 0.2) is 17.0 Å². The SMILES string of the molecule is NC(=O)OCC1Cc2cc(S(N)(=O)=O)cc([N+](=O)[O-])c2N1. The fourth-order valence-electron chi connectivity index (χ4n) is 2.10. The number of nitrogens with zero attached hydrogens (tertiary/aromatic N) is 1. The lowest BCUT2D eigenvalue weighted by molar-refractivity contribution is -0.384. The summed E-state index contributed by atoms with van der Waals surface area (Å²) in [5.74, 6) is 0. The number of fused-ring (bicyclic) bond motifs is 1. The van der Waals surface area contributed by atoms with E-state index in [1.54, 1.807) is 0 Å². The number of sulfonamides is 1. The third kappa shape index (κ3) is 3.20. The van der Waals surface area contributed by atoms with E-state index in [1.165, 1.54) is 6.07 Å². The Hall–Kier alpha value is -2.40. The lowest BCUT2D eigenvalue weighted by Crippen LogP contribution is -2.26. The smallest absolute Gasteiger partial charge is 0.404 e. The number of primary sulfonamides is 1. The molecule has 1 amide bonds. The summed E-state index contributed by atoms with van der Waals surface area (Å²) < 4.78 is 27.3. The standard InChI is InChI=1S/C10H12N4O6S/c11-10(15)20-4-6-1-5-2-7(21(12,18)19)3-8(14(16)17)9(5)13-6/h2-3,6,13H,1,4H2,(H2,11,15)(H2,12,18,19). The van der Waals surface area contributed by atoms with Crippen LogP contribution in [0.5, 0.6) is 0 Å². The predicted octanol–water partition coefficient (Wildman–Crippen LogP) is -0.326. The predicted molar refractivity (Wildman–Crippen MR) is 71.1 cm³/mol. The van der Waals surface area contributed by atoms with E-state index >= 15 is 0 Å². The Labute approximate surface area is 119 Å². The molecule has 0 aliphatic carbocycles. The third-order valence-corrected chi connectivity index (χ3v) is 3.83. The number of nitro groups is 1. The van der Waals surface area contributed by atoms with Gasteiger partial charge >= 0.3 is 6.09 Å². The zero-order valence-electron chi connectivity index (χ0n) is 10.6. The van der Waals surface area contributed by atoms with E-state index in [4.69, 9.17) is 10.9 Å². The molecule has 1 aromatic rings. The second-order valence-corrected chi connectivity index (χ2v) is 6.02. The fourth-order valence-corrected chi connectivity index (χ4v) is 2.68. The molecule has 1 unspecified atom stereocenters. The molecule has 5 N–H and O–H groups in total. The van der Waals surface area contributed by atoms with Gasteiger partial charge in [-0.05, 0) is 18.1 Å². The van der Waals surface area contributed by atoms with E-state index in [9.17, 15) is 23.3 Å². The van der Waals surface area contributed by atoms with Crippen molar-refractivity contribution in [3.63, 3.8) is 0 Å². The molecular weight excluding hydrogens is 304 g/mol. The van der Waals surface area contributed by atoms with Gasteiger partial charge in [-0.15, -0.1) is 0 Å². The Kier molecular flexibility index (Phi) is 3.70. The highest BCUT2D eigenvalue weighted by atomic mass is 32.2. The van der Waals surface area contributed by atoms with Gasteiger partial charge in [-0.2, -0.15) is 0 Å². The average molecular weight is 316 g/mol. The summed E-state index contributed by atoms with van der Waals surface area (Å²) in [5, 5.41) is 18.8. The molecule has 1 aromatic carbocycles. The molecule has 0 saturated heterocycles. The molecule has 0 fully saturated rings. The van der Waals surface area contributed by atoms with Gasteiger partial charge in [0.05, 0.1) is 15.9 Å². The largest absolute Gasteiger partial charge is 0.448 e. The Balaban J connectivity index is 2.38. The summed E-state index contributed by atoms with van der Waals surface area (Å²) in [5.41, 5.74) is 5.03. The van der Waals surface area contributed by atoms with Crippen molar-refractivity contribution in [2.24, 2.45) is 10.9 Å². The second kappa shape index (κ2) is 5.18. The highest BCUT2D eigenvalue weighted by Crippen LogP contribution is 2.37. The van der Waals surface area contributed by atoms with Crippen LogP contribution in [-0.4, -0.2) is 32.1 Å². The van der Waals surface area contributed by atoms with Crippen LogP contribution < -0.4 is 16.2 Å². The van der Waals surface area contributed by atoms with Crippen molar-refractivity contribution < 1.29 is 22.9 Å². The van der Waals surface area contributed by atoms with Crippen LogP contribution >= 0.6 is 0 Å². The van der Waals surface area contributed by atoms with Crippen molar-refractivity contribution in [3.8, 4) is 0 Å². The summed E-state index contributed by atoms with van der Waals surface area (Å²) in [4.78, 5) is 20.5. The second-order valence-electron chi connectivity index (χ2n) is 4.45. The number of carbonyl (C=O) groups excluding carboxylic acids is 1. The van der Waals surface area contributed by atoms with Crippen LogP contribution in [0.25, 0.3) is 0 Å². The van der Waals surface area contributed by atoms with Crippen molar-refractivity contribution in [2.75, 3.05) is 11.9 Å². The maximum absolute atomic E-state index is 11.4. The summed E-state index contributed by atoms with van der Waals surface area (Å²) in [7, 11) is -4.06. The van der Waals surface area contributed by atoms with Crippen LogP contribution in [-0.2, 0) is 21.2 Å². The zero-order chi connectivity index (χ0) is 15.8. The first-order chi connectivity index (χ1) is 9.68. The molecule has 0 aromatic heterocycles. The van der Waals surface area contributed by atoms with Crippen LogP contribution in [0.3, 0.4) is 0 Å². The first-order valence-electron chi connectivity index (χ1n) is 5.71. The van der Waals surface area contributed by atoms with Gasteiger partial charge < -0.3 is 15.8 Å². The van der Waals surface area contributed by atoms with E-state index in [-0.39, 0.29) is 23.6 Å². The molecule has 1 aliphatic heterocycles. The van der Waals surface area contributed by atoms with Gasteiger partial charge in [0.1, 0.15) is 12.3 Å². The summed E-state index contributed by atoms with van der Waals surface area (Å²) >= 11 is 0. The Morgan fingerprint density at radius 1 is 1.52 bits per heavy atom. The molecule has 10 nitrogen and oxygen atoms in total. The van der Waals surface area contributed by atoms with E-state index in [1.807, 2.05) is 0 Å². The molecule has 0 bridgehead atoms. The van der Waals surface area contributed by atoms with Gasteiger partial charge in [0, 0.05) is 6.07 Å². The summed E-state index contributed by atoms with van der Waals surface area (Å²) in [6.07, 6.45) is -0.722. The normalized spacial score (nSPS) is 16.9. The van der Waals surface area contributed by atoms with Crippen molar-refractivity contribution in [2.45, 2.75) is 17.4 Å². The van der Waals surface area contributed by atoms with Gasteiger partial charge in [-0.25, -0.2) is 18.4 Å². The minimum Gasteiger partial charge on any atom is -0.448 e. The maximum atomic E-state index is 11.4. The average Bonchev–Trinajstić information content (AvgIpc) is 2.76. The molecule has 11 heteroatoms. The lowest BCUT2D eigenvalue weighted by atomic mass is 10.1. The van der Waals surface area contributed by atoms with Crippen LogP contribution in [0, 0.1) is 10.1 Å². The monoisotopic (exact) mass is 316 g/mol.